The molecular formula is C20H18N4O3S. The van der Waals surface area contributed by atoms with E-state index in [9.17, 15) is 4.79 Å². The number of thioether (sulfide) groups is 1. The molecule has 4 rings (SSSR count). The summed E-state index contributed by atoms with van der Waals surface area (Å²) in [6, 6.07) is 11.1. The summed E-state index contributed by atoms with van der Waals surface area (Å²) < 4.78 is 12.0. The maximum atomic E-state index is 12.6. The summed E-state index contributed by atoms with van der Waals surface area (Å²) in [5.41, 5.74) is 1.87. The monoisotopic (exact) mass is 394 g/mol. The first kappa shape index (κ1) is 18.2. The first-order valence-electron chi connectivity index (χ1n) is 8.69. The molecule has 1 aliphatic rings. The summed E-state index contributed by atoms with van der Waals surface area (Å²) in [4.78, 5) is 18.7. The highest BCUT2D eigenvalue weighted by Gasteiger charge is 2.36. The van der Waals surface area contributed by atoms with E-state index >= 15 is 0 Å². The van der Waals surface area contributed by atoms with Gasteiger partial charge in [0.25, 0.3) is 0 Å². The van der Waals surface area contributed by atoms with Crippen LogP contribution in [0, 0.1) is 6.92 Å². The number of hydrogen-bond acceptors (Lipinski definition) is 7. The summed E-state index contributed by atoms with van der Waals surface area (Å²) in [5.74, 6) is 2.00. The van der Waals surface area contributed by atoms with Crippen LogP contribution in [0.3, 0.4) is 0 Å². The number of aromatic nitrogens is 3. The van der Waals surface area contributed by atoms with E-state index in [0.717, 1.165) is 11.3 Å². The number of hydrogen-bond donors (Lipinski definition) is 0. The summed E-state index contributed by atoms with van der Waals surface area (Å²) in [6.07, 6.45) is 0.962. The van der Waals surface area contributed by atoms with Crippen LogP contribution in [0.1, 0.15) is 24.7 Å². The third-order valence-corrected chi connectivity index (χ3v) is 5.02. The predicted molar refractivity (Wildman–Crippen MR) is 106 cm³/mol. The maximum Gasteiger partial charge on any atom is 0.247 e. The lowest BCUT2D eigenvalue weighted by molar-refractivity contribution is -0.118. The molecule has 0 unspecified atom stereocenters. The van der Waals surface area contributed by atoms with Crippen molar-refractivity contribution >= 4 is 23.4 Å². The number of anilines is 1. The van der Waals surface area contributed by atoms with E-state index in [1.165, 1.54) is 18.7 Å². The summed E-state index contributed by atoms with van der Waals surface area (Å²) in [6.45, 7) is 7.04. The van der Waals surface area contributed by atoms with Gasteiger partial charge < -0.3 is 9.15 Å². The number of ether oxygens (including phenoxy) is 1. The molecule has 0 saturated heterocycles. The Labute approximate surface area is 166 Å². The van der Waals surface area contributed by atoms with Gasteiger partial charge in [-0.15, -0.1) is 16.8 Å². The van der Waals surface area contributed by atoms with Gasteiger partial charge in [-0.2, -0.15) is 4.98 Å². The highest BCUT2D eigenvalue weighted by Crippen LogP contribution is 2.43. The third kappa shape index (κ3) is 3.27. The lowest BCUT2D eigenvalue weighted by Crippen LogP contribution is -2.35. The second kappa shape index (κ2) is 7.47. The largest absolute Gasteiger partial charge is 0.460 e. The van der Waals surface area contributed by atoms with E-state index in [1.54, 1.807) is 17.0 Å². The molecule has 1 aromatic carbocycles. The van der Waals surface area contributed by atoms with Gasteiger partial charge in [-0.05, 0) is 25.1 Å². The molecule has 2 aromatic heterocycles. The van der Waals surface area contributed by atoms with Gasteiger partial charge in [0.05, 0.1) is 5.69 Å². The molecule has 1 aliphatic heterocycles. The van der Waals surface area contributed by atoms with Crippen molar-refractivity contribution in [2.75, 3.05) is 10.7 Å². The topological polar surface area (TPSA) is 81.3 Å². The maximum absolute atomic E-state index is 12.6. The Morgan fingerprint density at radius 3 is 2.82 bits per heavy atom. The smallest absolute Gasteiger partial charge is 0.247 e. The molecule has 0 radical (unpaired) electrons. The van der Waals surface area contributed by atoms with Crippen molar-refractivity contribution in [2.24, 2.45) is 0 Å². The fraction of sp³-hybridized carbons (Fsp3) is 0.200. The SMILES string of the molecule is C=CCSc1nnc2c(n1)O[C@H](c1ccc(C)o1)N(C(C)=O)c1ccccc1-2. The van der Waals surface area contributed by atoms with Crippen molar-refractivity contribution in [3.05, 3.63) is 60.6 Å². The fourth-order valence-corrected chi connectivity index (χ4v) is 3.53. The van der Waals surface area contributed by atoms with Gasteiger partial charge in [0.1, 0.15) is 5.76 Å². The van der Waals surface area contributed by atoms with E-state index < -0.39 is 6.23 Å². The van der Waals surface area contributed by atoms with Gasteiger partial charge in [-0.1, -0.05) is 36.0 Å². The number of carbonyl (C=O) groups excluding carboxylic acids is 1. The van der Waals surface area contributed by atoms with Crippen molar-refractivity contribution in [1.29, 1.82) is 0 Å². The molecule has 142 valence electrons. The normalized spacial score (nSPS) is 15.2. The lowest BCUT2D eigenvalue weighted by atomic mass is 10.1. The van der Waals surface area contributed by atoms with E-state index in [0.29, 0.717) is 33.9 Å². The molecular weight excluding hydrogens is 376 g/mol. The van der Waals surface area contributed by atoms with Gasteiger partial charge in [0, 0.05) is 18.2 Å². The zero-order chi connectivity index (χ0) is 19.7. The number of fused-ring (bicyclic) bond motifs is 3. The van der Waals surface area contributed by atoms with E-state index in [2.05, 4.69) is 21.8 Å². The molecule has 0 N–H and O–H groups in total. The van der Waals surface area contributed by atoms with E-state index in [1.807, 2.05) is 37.3 Å². The molecule has 0 aliphatic carbocycles. The van der Waals surface area contributed by atoms with Crippen molar-refractivity contribution in [3.8, 4) is 17.1 Å². The molecule has 1 atom stereocenters. The molecule has 0 fully saturated rings. The first-order chi connectivity index (χ1) is 13.6. The minimum atomic E-state index is -0.803. The van der Waals surface area contributed by atoms with Gasteiger partial charge in [-0.3, -0.25) is 9.69 Å². The predicted octanol–water partition coefficient (Wildman–Crippen LogP) is 4.16. The quantitative estimate of drug-likeness (QED) is 0.485. The summed E-state index contributed by atoms with van der Waals surface area (Å²) >= 11 is 1.40. The van der Waals surface area contributed by atoms with Gasteiger partial charge >= 0.3 is 0 Å². The average Bonchev–Trinajstić information content (AvgIpc) is 3.06. The Kier molecular flexibility index (Phi) is 4.87. The molecule has 0 saturated carbocycles. The zero-order valence-corrected chi connectivity index (χ0v) is 16.3. The first-order valence-corrected chi connectivity index (χ1v) is 9.67. The van der Waals surface area contributed by atoms with Gasteiger partial charge in [0.15, 0.2) is 11.5 Å². The number of nitrogens with zero attached hydrogens (tertiary/aromatic N) is 4. The van der Waals surface area contributed by atoms with Crippen molar-refractivity contribution in [3.63, 3.8) is 0 Å². The zero-order valence-electron chi connectivity index (χ0n) is 15.5. The molecule has 7 nitrogen and oxygen atoms in total. The van der Waals surface area contributed by atoms with Crippen LogP contribution >= 0.6 is 11.8 Å². The number of rotatable bonds is 4. The molecule has 0 spiro atoms. The van der Waals surface area contributed by atoms with Crippen LogP contribution < -0.4 is 9.64 Å². The van der Waals surface area contributed by atoms with Crippen LogP contribution in [0.4, 0.5) is 5.69 Å². The molecule has 8 heteroatoms. The Hall–Kier alpha value is -3.13. The minimum Gasteiger partial charge on any atom is -0.460 e. The number of para-hydroxylation sites is 1. The number of carbonyl (C=O) groups is 1. The average molecular weight is 394 g/mol. The number of amides is 1. The van der Waals surface area contributed by atoms with Gasteiger partial charge in [0.2, 0.25) is 23.2 Å². The second-order valence-corrected chi connectivity index (χ2v) is 7.16. The van der Waals surface area contributed by atoms with Crippen molar-refractivity contribution in [2.45, 2.75) is 25.2 Å². The highest BCUT2D eigenvalue weighted by atomic mass is 32.2. The van der Waals surface area contributed by atoms with Crippen LogP contribution in [-0.4, -0.2) is 26.8 Å². The van der Waals surface area contributed by atoms with Crippen LogP contribution in [0.15, 0.2) is 58.6 Å². The summed E-state index contributed by atoms with van der Waals surface area (Å²) in [7, 11) is 0. The van der Waals surface area contributed by atoms with Crippen molar-refractivity contribution < 1.29 is 13.9 Å². The Morgan fingerprint density at radius 2 is 2.11 bits per heavy atom. The van der Waals surface area contributed by atoms with E-state index in [-0.39, 0.29) is 5.91 Å². The lowest BCUT2D eigenvalue weighted by Gasteiger charge is -2.28. The Morgan fingerprint density at radius 1 is 1.29 bits per heavy atom. The van der Waals surface area contributed by atoms with E-state index in [4.69, 9.17) is 9.15 Å². The number of benzene rings is 1. The molecule has 0 bridgehead atoms. The third-order valence-electron chi connectivity index (χ3n) is 4.19. The van der Waals surface area contributed by atoms with Gasteiger partial charge in [-0.25, -0.2) is 0 Å². The fourth-order valence-electron chi connectivity index (χ4n) is 3.02. The van der Waals surface area contributed by atoms with Crippen LogP contribution in [0.25, 0.3) is 11.3 Å². The molecule has 3 aromatic rings. The Bertz CT molecular complexity index is 1050. The minimum absolute atomic E-state index is 0.187. The van der Waals surface area contributed by atoms with Crippen LogP contribution in [0.2, 0.25) is 0 Å². The Balaban J connectivity index is 1.91. The number of aryl methyl sites for hydroxylation is 1. The number of furan rings is 1. The van der Waals surface area contributed by atoms with Crippen molar-refractivity contribution in [1.82, 2.24) is 15.2 Å². The van der Waals surface area contributed by atoms with Crippen LogP contribution in [0.5, 0.6) is 5.88 Å². The molecule has 1 amide bonds. The molecule has 3 heterocycles. The van der Waals surface area contributed by atoms with Crippen LogP contribution in [-0.2, 0) is 4.79 Å². The summed E-state index contributed by atoms with van der Waals surface area (Å²) in [5, 5.41) is 9.00. The highest BCUT2D eigenvalue weighted by molar-refractivity contribution is 7.99. The molecule has 28 heavy (non-hydrogen) atoms. The standard InChI is InChI=1S/C20H18N4O3S/c1-4-11-28-20-21-18-17(22-23-20)14-7-5-6-8-15(14)24(13(3)25)19(27-18)16-10-9-12(2)26-16/h4-10,19H,1,11H2,2-3H3/t19-/m1/s1. The second-order valence-electron chi connectivity index (χ2n) is 6.17.